The Hall–Kier alpha value is -0.900. The molecular weight excluding hydrogens is 222 g/mol. The van der Waals surface area contributed by atoms with Gasteiger partial charge in [-0.05, 0) is 20.3 Å². The molecule has 2 nitrogen and oxygen atoms in total. The molecule has 1 aromatic rings. The molecular formula is C10H13ClF2N2. The van der Waals surface area contributed by atoms with E-state index in [4.69, 9.17) is 11.6 Å². The molecule has 1 heterocycles. The summed E-state index contributed by atoms with van der Waals surface area (Å²) in [6.07, 6.45) is 1.63. The van der Waals surface area contributed by atoms with Gasteiger partial charge in [0.05, 0.1) is 6.20 Å². The van der Waals surface area contributed by atoms with Crippen molar-refractivity contribution in [3.8, 4) is 0 Å². The summed E-state index contributed by atoms with van der Waals surface area (Å²) in [6.45, 7) is 3.75. The van der Waals surface area contributed by atoms with Crippen LogP contribution in [0.25, 0.3) is 0 Å². The van der Waals surface area contributed by atoms with Gasteiger partial charge in [0.25, 0.3) is 0 Å². The number of rotatable bonds is 4. The molecule has 15 heavy (non-hydrogen) atoms. The van der Waals surface area contributed by atoms with Crippen LogP contribution in [0.1, 0.15) is 20.3 Å². The van der Waals surface area contributed by atoms with Crippen LogP contribution in [0, 0.1) is 11.6 Å². The van der Waals surface area contributed by atoms with Crippen LogP contribution in [0.4, 0.5) is 14.6 Å². The molecule has 0 aromatic carbocycles. The molecule has 84 valence electrons. The van der Waals surface area contributed by atoms with E-state index in [1.54, 1.807) is 0 Å². The lowest BCUT2D eigenvalue weighted by Crippen LogP contribution is -2.32. The zero-order chi connectivity index (χ0) is 11.5. The Morgan fingerprint density at radius 3 is 2.67 bits per heavy atom. The number of nitrogens with zero attached hydrogens (tertiary/aromatic N) is 1. The van der Waals surface area contributed by atoms with Crippen LogP contribution in [-0.4, -0.2) is 16.4 Å². The third-order valence-electron chi connectivity index (χ3n) is 1.98. The molecule has 0 saturated carbocycles. The van der Waals surface area contributed by atoms with Gasteiger partial charge in [-0.25, -0.2) is 13.8 Å². The Kier molecular flexibility index (Phi) is 3.85. The largest absolute Gasteiger partial charge is 0.363 e. The molecule has 0 bridgehead atoms. The number of pyridine rings is 1. The minimum Gasteiger partial charge on any atom is -0.363 e. The normalized spacial score (nSPS) is 11.5. The van der Waals surface area contributed by atoms with E-state index in [2.05, 4.69) is 10.3 Å². The highest BCUT2D eigenvalue weighted by molar-refractivity contribution is 6.17. The van der Waals surface area contributed by atoms with E-state index in [0.717, 1.165) is 12.3 Å². The zero-order valence-electron chi connectivity index (χ0n) is 8.65. The fourth-order valence-corrected chi connectivity index (χ4v) is 1.60. The van der Waals surface area contributed by atoms with Gasteiger partial charge in [-0.2, -0.15) is 0 Å². The predicted molar refractivity (Wildman–Crippen MR) is 57.2 cm³/mol. The molecule has 1 aromatic heterocycles. The molecule has 0 aliphatic rings. The molecule has 0 aliphatic heterocycles. The Balaban J connectivity index is 2.80. The fourth-order valence-electron chi connectivity index (χ4n) is 1.13. The van der Waals surface area contributed by atoms with E-state index in [-0.39, 0.29) is 11.4 Å². The predicted octanol–water partition coefficient (Wildman–Crippen LogP) is 3.18. The Labute approximate surface area is 92.7 Å². The van der Waals surface area contributed by atoms with E-state index >= 15 is 0 Å². The van der Waals surface area contributed by atoms with Crippen molar-refractivity contribution in [1.82, 2.24) is 4.98 Å². The Morgan fingerprint density at radius 1 is 1.47 bits per heavy atom. The molecule has 0 spiro atoms. The molecule has 0 amide bonds. The molecule has 0 saturated heterocycles. The van der Waals surface area contributed by atoms with E-state index in [9.17, 15) is 8.78 Å². The first-order valence-electron chi connectivity index (χ1n) is 4.60. The first kappa shape index (κ1) is 12.2. The average molecular weight is 235 g/mol. The van der Waals surface area contributed by atoms with Crippen LogP contribution < -0.4 is 5.32 Å². The lowest BCUT2D eigenvalue weighted by atomic mass is 10.0. The number of halogens is 3. The lowest BCUT2D eigenvalue weighted by Gasteiger charge is -2.26. The van der Waals surface area contributed by atoms with Gasteiger partial charge in [0.1, 0.15) is 5.82 Å². The number of aromatic nitrogens is 1. The molecule has 0 fully saturated rings. The van der Waals surface area contributed by atoms with Crippen molar-refractivity contribution in [2.24, 2.45) is 0 Å². The monoisotopic (exact) mass is 234 g/mol. The van der Waals surface area contributed by atoms with Gasteiger partial charge in [-0.15, -0.1) is 11.6 Å². The van der Waals surface area contributed by atoms with Crippen molar-refractivity contribution in [2.75, 3.05) is 11.2 Å². The van der Waals surface area contributed by atoms with Gasteiger partial charge < -0.3 is 5.32 Å². The highest BCUT2D eigenvalue weighted by Gasteiger charge is 2.19. The van der Waals surface area contributed by atoms with Crippen molar-refractivity contribution < 1.29 is 8.78 Å². The SMILES string of the molecule is CC(C)(CCCl)Nc1ncc(F)cc1F. The number of hydrogen-bond acceptors (Lipinski definition) is 2. The van der Waals surface area contributed by atoms with Crippen LogP contribution in [-0.2, 0) is 0 Å². The molecule has 1 rings (SSSR count). The zero-order valence-corrected chi connectivity index (χ0v) is 9.41. The topological polar surface area (TPSA) is 24.9 Å². The van der Waals surface area contributed by atoms with Gasteiger partial charge in [0, 0.05) is 17.5 Å². The molecule has 0 unspecified atom stereocenters. The summed E-state index contributed by atoms with van der Waals surface area (Å²) < 4.78 is 25.8. The second-order valence-electron chi connectivity index (χ2n) is 3.93. The number of alkyl halides is 1. The standard InChI is InChI=1S/C10H13ClF2N2/c1-10(2,3-4-11)15-9-8(13)5-7(12)6-14-9/h5-6H,3-4H2,1-2H3,(H,14,15). The third kappa shape index (κ3) is 3.63. The van der Waals surface area contributed by atoms with Crippen LogP contribution in [0.5, 0.6) is 0 Å². The van der Waals surface area contributed by atoms with Gasteiger partial charge in [0.2, 0.25) is 0 Å². The summed E-state index contributed by atoms with van der Waals surface area (Å²) >= 11 is 5.60. The van der Waals surface area contributed by atoms with Crippen LogP contribution in [0.2, 0.25) is 0 Å². The second-order valence-corrected chi connectivity index (χ2v) is 4.31. The Morgan fingerprint density at radius 2 is 2.13 bits per heavy atom. The van der Waals surface area contributed by atoms with Crippen LogP contribution in [0.15, 0.2) is 12.3 Å². The molecule has 1 N–H and O–H groups in total. The average Bonchev–Trinajstić information content (AvgIpc) is 2.09. The summed E-state index contributed by atoms with van der Waals surface area (Å²) in [5.74, 6) is -0.875. The van der Waals surface area contributed by atoms with E-state index in [1.807, 2.05) is 13.8 Å². The minimum absolute atomic E-state index is 0.0477. The maximum atomic E-state index is 13.2. The summed E-state index contributed by atoms with van der Waals surface area (Å²) in [5, 5.41) is 2.88. The highest BCUT2D eigenvalue weighted by atomic mass is 35.5. The van der Waals surface area contributed by atoms with Crippen LogP contribution in [0.3, 0.4) is 0 Å². The fraction of sp³-hybridized carbons (Fsp3) is 0.500. The number of hydrogen-bond donors (Lipinski definition) is 1. The van der Waals surface area contributed by atoms with Crippen LogP contribution >= 0.6 is 11.6 Å². The van der Waals surface area contributed by atoms with Crippen molar-refractivity contribution in [3.05, 3.63) is 23.9 Å². The molecule has 0 radical (unpaired) electrons. The van der Waals surface area contributed by atoms with E-state index < -0.39 is 11.6 Å². The van der Waals surface area contributed by atoms with Crippen molar-refractivity contribution in [1.29, 1.82) is 0 Å². The third-order valence-corrected chi connectivity index (χ3v) is 2.17. The number of nitrogens with one attached hydrogen (secondary N) is 1. The Bertz CT molecular complexity index is 342. The molecule has 0 aliphatic carbocycles. The maximum Gasteiger partial charge on any atom is 0.168 e. The minimum atomic E-state index is -0.697. The van der Waals surface area contributed by atoms with Gasteiger partial charge in [-0.1, -0.05) is 0 Å². The summed E-state index contributed by atoms with van der Waals surface area (Å²) in [5.41, 5.74) is -0.368. The number of anilines is 1. The van der Waals surface area contributed by atoms with E-state index in [1.165, 1.54) is 0 Å². The summed E-state index contributed by atoms with van der Waals surface area (Å²) in [7, 11) is 0. The first-order valence-corrected chi connectivity index (χ1v) is 5.13. The summed E-state index contributed by atoms with van der Waals surface area (Å²) in [4.78, 5) is 3.64. The maximum absolute atomic E-state index is 13.2. The molecule has 5 heteroatoms. The van der Waals surface area contributed by atoms with Gasteiger partial charge in [0.15, 0.2) is 11.6 Å². The van der Waals surface area contributed by atoms with Crippen molar-refractivity contribution >= 4 is 17.4 Å². The highest BCUT2D eigenvalue weighted by Crippen LogP contribution is 2.19. The van der Waals surface area contributed by atoms with Crippen molar-refractivity contribution in [2.45, 2.75) is 25.8 Å². The van der Waals surface area contributed by atoms with Gasteiger partial charge >= 0.3 is 0 Å². The second kappa shape index (κ2) is 4.75. The van der Waals surface area contributed by atoms with Gasteiger partial charge in [-0.3, -0.25) is 0 Å². The smallest absolute Gasteiger partial charge is 0.168 e. The lowest BCUT2D eigenvalue weighted by molar-refractivity contribution is 0.529. The van der Waals surface area contributed by atoms with E-state index in [0.29, 0.717) is 12.3 Å². The quantitative estimate of drug-likeness (QED) is 0.810. The molecule has 0 atom stereocenters. The first-order chi connectivity index (χ1) is 6.94. The summed E-state index contributed by atoms with van der Waals surface area (Å²) in [6, 6.07) is 0.798. The van der Waals surface area contributed by atoms with Crippen molar-refractivity contribution in [3.63, 3.8) is 0 Å².